The Hall–Kier alpha value is -1.15. The van der Waals surface area contributed by atoms with Crippen LogP contribution in [-0.2, 0) is 19.6 Å². The van der Waals surface area contributed by atoms with Gasteiger partial charge in [-0.15, -0.1) is 0 Å². The molecule has 1 aliphatic heterocycles. The van der Waals surface area contributed by atoms with Gasteiger partial charge >= 0.3 is 5.97 Å². The molecule has 0 aromatic carbocycles. The van der Waals surface area contributed by atoms with Gasteiger partial charge in [0.15, 0.2) is 0 Å². The average molecular weight is 316 g/mol. The highest BCUT2D eigenvalue weighted by Crippen LogP contribution is 2.39. The third kappa shape index (κ3) is 3.06. The molecule has 2 saturated carbocycles. The van der Waals surface area contributed by atoms with Crippen LogP contribution >= 0.6 is 0 Å². The van der Waals surface area contributed by atoms with E-state index in [1.54, 1.807) is 0 Å². The fraction of sp³-hybridized carbons (Fsp3) is 0.846. The first-order valence-electron chi connectivity index (χ1n) is 7.41. The van der Waals surface area contributed by atoms with Gasteiger partial charge in [-0.05, 0) is 32.1 Å². The molecule has 21 heavy (non-hydrogen) atoms. The van der Waals surface area contributed by atoms with Crippen molar-refractivity contribution in [1.82, 2.24) is 9.62 Å². The summed E-state index contributed by atoms with van der Waals surface area (Å²) in [5.74, 6) is -2.07. The number of amides is 1. The minimum Gasteiger partial charge on any atom is -0.481 e. The molecule has 3 aliphatic rings. The van der Waals surface area contributed by atoms with Crippen LogP contribution in [-0.4, -0.2) is 54.1 Å². The summed E-state index contributed by atoms with van der Waals surface area (Å²) in [4.78, 5) is 22.6. The van der Waals surface area contributed by atoms with E-state index in [1.165, 1.54) is 4.31 Å². The second kappa shape index (κ2) is 5.24. The standard InChI is InChI=1S/C13H20N2O5S/c16-12(10-7-11(10)13(17)18)14-8-3-5-15(6-4-8)21(19,20)9-1-2-9/h8-11H,1-7H2,(H,14,16)(H,17,18). The molecule has 118 valence electrons. The van der Waals surface area contributed by atoms with Crippen LogP contribution in [0.2, 0.25) is 0 Å². The van der Waals surface area contributed by atoms with Gasteiger partial charge in [-0.25, -0.2) is 12.7 Å². The molecule has 2 N–H and O–H groups in total. The van der Waals surface area contributed by atoms with E-state index in [1.807, 2.05) is 0 Å². The number of hydrogen-bond donors (Lipinski definition) is 2. The molecule has 0 radical (unpaired) electrons. The Morgan fingerprint density at radius 1 is 1.05 bits per heavy atom. The largest absolute Gasteiger partial charge is 0.481 e. The Kier molecular flexibility index (Phi) is 3.69. The molecular weight excluding hydrogens is 296 g/mol. The summed E-state index contributed by atoms with van der Waals surface area (Å²) in [6.07, 6.45) is 3.13. The zero-order chi connectivity index (χ0) is 15.2. The van der Waals surface area contributed by atoms with Crippen molar-refractivity contribution in [3.05, 3.63) is 0 Å². The fourth-order valence-electron chi connectivity index (χ4n) is 2.90. The Bertz CT molecular complexity index is 549. The molecule has 1 amide bonds. The number of hydrogen-bond acceptors (Lipinski definition) is 4. The summed E-state index contributed by atoms with van der Waals surface area (Å²) in [5.41, 5.74) is 0. The van der Waals surface area contributed by atoms with E-state index in [-0.39, 0.29) is 17.2 Å². The van der Waals surface area contributed by atoms with Crippen LogP contribution in [0.25, 0.3) is 0 Å². The van der Waals surface area contributed by atoms with Crippen molar-refractivity contribution in [2.45, 2.75) is 43.4 Å². The van der Waals surface area contributed by atoms with Crippen molar-refractivity contribution in [2.24, 2.45) is 11.8 Å². The highest BCUT2D eigenvalue weighted by Gasteiger charge is 2.49. The van der Waals surface area contributed by atoms with Crippen LogP contribution in [0.15, 0.2) is 0 Å². The topological polar surface area (TPSA) is 104 Å². The smallest absolute Gasteiger partial charge is 0.307 e. The van der Waals surface area contributed by atoms with E-state index in [2.05, 4.69) is 5.32 Å². The van der Waals surface area contributed by atoms with E-state index in [0.717, 1.165) is 12.8 Å². The van der Waals surface area contributed by atoms with Gasteiger partial charge in [0.1, 0.15) is 0 Å². The lowest BCUT2D eigenvalue weighted by atomic mass is 10.1. The first kappa shape index (κ1) is 14.8. The van der Waals surface area contributed by atoms with Gasteiger partial charge < -0.3 is 10.4 Å². The molecule has 2 aliphatic carbocycles. The quantitative estimate of drug-likeness (QED) is 0.730. The molecule has 2 atom stereocenters. The van der Waals surface area contributed by atoms with Crippen LogP contribution in [0, 0.1) is 11.8 Å². The summed E-state index contributed by atoms with van der Waals surface area (Å²) >= 11 is 0. The van der Waals surface area contributed by atoms with Crippen molar-refractivity contribution >= 4 is 21.9 Å². The maximum Gasteiger partial charge on any atom is 0.307 e. The molecule has 0 aromatic rings. The molecule has 3 rings (SSSR count). The predicted octanol–water partition coefficient (Wildman–Crippen LogP) is -0.220. The van der Waals surface area contributed by atoms with Gasteiger partial charge in [0, 0.05) is 19.1 Å². The molecule has 8 heteroatoms. The van der Waals surface area contributed by atoms with Gasteiger partial charge in [0.05, 0.1) is 17.1 Å². The zero-order valence-corrected chi connectivity index (χ0v) is 12.5. The number of carbonyl (C=O) groups is 2. The number of carboxylic acids is 1. The maximum atomic E-state index is 12.1. The lowest BCUT2D eigenvalue weighted by Crippen LogP contribution is -2.47. The molecule has 2 unspecified atom stereocenters. The Morgan fingerprint density at radius 3 is 2.14 bits per heavy atom. The normalized spacial score (nSPS) is 30.9. The monoisotopic (exact) mass is 316 g/mol. The van der Waals surface area contributed by atoms with Gasteiger partial charge in [-0.2, -0.15) is 0 Å². The molecule has 0 spiro atoms. The maximum absolute atomic E-state index is 12.1. The van der Waals surface area contributed by atoms with Gasteiger partial charge in [0.25, 0.3) is 0 Å². The van der Waals surface area contributed by atoms with E-state index < -0.39 is 27.8 Å². The van der Waals surface area contributed by atoms with Crippen molar-refractivity contribution < 1.29 is 23.1 Å². The molecule has 1 saturated heterocycles. The van der Waals surface area contributed by atoms with Crippen LogP contribution in [0.5, 0.6) is 0 Å². The van der Waals surface area contributed by atoms with Crippen LogP contribution < -0.4 is 5.32 Å². The molecule has 3 fully saturated rings. The van der Waals surface area contributed by atoms with E-state index >= 15 is 0 Å². The highest BCUT2D eigenvalue weighted by atomic mass is 32.2. The van der Waals surface area contributed by atoms with Crippen molar-refractivity contribution in [1.29, 1.82) is 0 Å². The van der Waals surface area contributed by atoms with E-state index in [9.17, 15) is 18.0 Å². The summed E-state index contributed by atoms with van der Waals surface area (Å²) in [5, 5.41) is 11.5. The lowest BCUT2D eigenvalue weighted by Gasteiger charge is -2.31. The number of aliphatic carboxylic acids is 1. The number of rotatable bonds is 5. The van der Waals surface area contributed by atoms with E-state index in [4.69, 9.17) is 5.11 Å². The second-order valence-electron chi connectivity index (χ2n) is 6.21. The summed E-state index contributed by atoms with van der Waals surface area (Å²) < 4.78 is 25.7. The first-order chi connectivity index (χ1) is 9.89. The second-order valence-corrected chi connectivity index (χ2v) is 8.43. The minimum atomic E-state index is -3.12. The number of nitrogens with one attached hydrogen (secondary N) is 1. The SMILES string of the molecule is O=C(O)C1CC1C(=O)NC1CCN(S(=O)(=O)C2CC2)CC1. The third-order valence-corrected chi connectivity index (χ3v) is 6.95. The first-order valence-corrected chi connectivity index (χ1v) is 8.92. The lowest BCUT2D eigenvalue weighted by molar-refractivity contribution is -0.140. The van der Waals surface area contributed by atoms with Crippen molar-refractivity contribution in [2.75, 3.05) is 13.1 Å². The molecule has 1 heterocycles. The number of piperidine rings is 1. The summed E-state index contributed by atoms with van der Waals surface area (Å²) in [7, 11) is -3.12. The van der Waals surface area contributed by atoms with Crippen LogP contribution in [0.4, 0.5) is 0 Å². The van der Waals surface area contributed by atoms with Crippen LogP contribution in [0.1, 0.15) is 32.1 Å². The van der Waals surface area contributed by atoms with Gasteiger partial charge in [-0.3, -0.25) is 9.59 Å². The number of carbonyl (C=O) groups excluding carboxylic acids is 1. The van der Waals surface area contributed by atoms with Crippen molar-refractivity contribution in [3.63, 3.8) is 0 Å². The number of nitrogens with zero attached hydrogens (tertiary/aromatic N) is 1. The van der Waals surface area contributed by atoms with Gasteiger partial charge in [0.2, 0.25) is 15.9 Å². The molecule has 0 bridgehead atoms. The minimum absolute atomic E-state index is 0.0433. The van der Waals surface area contributed by atoms with Crippen LogP contribution in [0.3, 0.4) is 0 Å². The molecule has 7 nitrogen and oxygen atoms in total. The number of carboxylic acid groups (broad SMARTS) is 1. The highest BCUT2D eigenvalue weighted by molar-refractivity contribution is 7.90. The summed E-state index contributed by atoms with van der Waals surface area (Å²) in [6, 6.07) is -0.0433. The zero-order valence-electron chi connectivity index (χ0n) is 11.7. The third-order valence-electron chi connectivity index (χ3n) is 4.55. The Labute approximate surface area is 123 Å². The van der Waals surface area contributed by atoms with Crippen molar-refractivity contribution in [3.8, 4) is 0 Å². The predicted molar refractivity (Wildman–Crippen MR) is 73.9 cm³/mol. The van der Waals surface area contributed by atoms with E-state index in [0.29, 0.717) is 32.4 Å². The fourth-order valence-corrected chi connectivity index (χ4v) is 4.77. The van der Waals surface area contributed by atoms with Gasteiger partial charge in [-0.1, -0.05) is 0 Å². The average Bonchev–Trinajstić information content (AvgIpc) is 3.29. The molecular formula is C13H20N2O5S. The molecule has 0 aromatic heterocycles. The Balaban J connectivity index is 1.46. The number of sulfonamides is 1. The summed E-state index contributed by atoms with van der Waals surface area (Å²) in [6.45, 7) is 0.883. The Morgan fingerprint density at radius 2 is 1.67 bits per heavy atom.